The molecule has 1 aliphatic heterocycles. The Morgan fingerprint density at radius 2 is 2.27 bits per heavy atom. The molecule has 3 heteroatoms. The van der Waals surface area contributed by atoms with Crippen LogP contribution in [-0.2, 0) is 0 Å². The highest BCUT2D eigenvalue weighted by atomic mass is 32.1. The molecule has 0 aliphatic carbocycles. The van der Waals surface area contributed by atoms with E-state index in [0.717, 1.165) is 12.3 Å². The van der Waals surface area contributed by atoms with Crippen LogP contribution >= 0.6 is 11.3 Å². The summed E-state index contributed by atoms with van der Waals surface area (Å²) in [4.78, 5) is 7.06. The van der Waals surface area contributed by atoms with Crippen LogP contribution in [0.5, 0.6) is 0 Å². The van der Waals surface area contributed by atoms with Gasteiger partial charge in [-0.25, -0.2) is 4.99 Å². The maximum absolute atomic E-state index is 4.29. The fraction of sp³-hybridized carbons (Fsp3) is 0.417. The number of hydrogen-bond donors (Lipinski definition) is 1. The van der Waals surface area contributed by atoms with Crippen LogP contribution in [0.1, 0.15) is 34.7 Å². The summed E-state index contributed by atoms with van der Waals surface area (Å²) in [6, 6.07) is 2.57. The van der Waals surface area contributed by atoms with Crippen molar-refractivity contribution in [3.05, 3.63) is 33.7 Å². The largest absolute Gasteiger partial charge is 0.363 e. The van der Waals surface area contributed by atoms with Crippen LogP contribution in [-0.4, -0.2) is 5.84 Å². The summed E-state index contributed by atoms with van der Waals surface area (Å²) in [7, 11) is 0. The second-order valence-electron chi connectivity index (χ2n) is 3.76. The molecule has 2 heterocycles. The van der Waals surface area contributed by atoms with Gasteiger partial charge in [-0.3, -0.25) is 0 Å². The molecule has 0 radical (unpaired) electrons. The smallest absolute Gasteiger partial charge is 0.102 e. The van der Waals surface area contributed by atoms with Crippen molar-refractivity contribution in [2.45, 2.75) is 33.2 Å². The lowest BCUT2D eigenvalue weighted by Gasteiger charge is -2.20. The van der Waals surface area contributed by atoms with Gasteiger partial charge in [-0.05, 0) is 31.6 Å². The number of hydrogen-bond acceptors (Lipinski definition) is 3. The first kappa shape index (κ1) is 10.4. The number of thiophene rings is 1. The SMILES string of the molecule is CCC1=NC=CC(c2cc(C)sc2C)N1. The molecule has 0 amide bonds. The van der Waals surface area contributed by atoms with Crippen molar-refractivity contribution in [1.82, 2.24) is 5.32 Å². The highest BCUT2D eigenvalue weighted by Gasteiger charge is 2.15. The Labute approximate surface area is 94.7 Å². The van der Waals surface area contributed by atoms with Crippen LogP contribution in [0, 0.1) is 13.8 Å². The maximum atomic E-state index is 4.29. The van der Waals surface area contributed by atoms with Crippen molar-refractivity contribution >= 4 is 17.2 Å². The first-order valence-electron chi connectivity index (χ1n) is 5.27. The van der Waals surface area contributed by atoms with E-state index in [2.05, 4.69) is 43.2 Å². The third kappa shape index (κ3) is 2.12. The highest BCUT2D eigenvalue weighted by Crippen LogP contribution is 2.28. The van der Waals surface area contributed by atoms with Gasteiger partial charge in [0.2, 0.25) is 0 Å². The third-order valence-electron chi connectivity index (χ3n) is 2.58. The molecule has 15 heavy (non-hydrogen) atoms. The van der Waals surface area contributed by atoms with Gasteiger partial charge in [-0.2, -0.15) is 0 Å². The van der Waals surface area contributed by atoms with Crippen LogP contribution in [0.4, 0.5) is 0 Å². The molecule has 0 aromatic carbocycles. The molecule has 2 nitrogen and oxygen atoms in total. The molecule has 1 unspecified atom stereocenters. The van der Waals surface area contributed by atoms with Gasteiger partial charge < -0.3 is 5.32 Å². The molecular weight excluding hydrogens is 204 g/mol. The number of aliphatic imine (C=N–C) groups is 1. The normalized spacial score (nSPS) is 19.9. The lowest BCUT2D eigenvalue weighted by molar-refractivity contribution is 0.760. The summed E-state index contributed by atoms with van der Waals surface area (Å²) in [6.07, 6.45) is 4.99. The van der Waals surface area contributed by atoms with Gasteiger partial charge >= 0.3 is 0 Å². The third-order valence-corrected chi connectivity index (χ3v) is 3.56. The number of nitrogens with one attached hydrogen (secondary N) is 1. The van der Waals surface area contributed by atoms with E-state index in [9.17, 15) is 0 Å². The minimum absolute atomic E-state index is 0.308. The van der Waals surface area contributed by atoms with Crippen molar-refractivity contribution in [2.24, 2.45) is 4.99 Å². The highest BCUT2D eigenvalue weighted by molar-refractivity contribution is 7.12. The quantitative estimate of drug-likeness (QED) is 0.812. The number of amidine groups is 1. The molecule has 0 saturated heterocycles. The van der Waals surface area contributed by atoms with Crippen molar-refractivity contribution < 1.29 is 0 Å². The van der Waals surface area contributed by atoms with Gasteiger partial charge in [0.25, 0.3) is 0 Å². The number of rotatable bonds is 2. The monoisotopic (exact) mass is 220 g/mol. The molecule has 80 valence electrons. The van der Waals surface area contributed by atoms with E-state index in [4.69, 9.17) is 0 Å². The van der Waals surface area contributed by atoms with Gasteiger partial charge in [-0.15, -0.1) is 11.3 Å². The predicted octanol–water partition coefficient (Wildman–Crippen LogP) is 3.33. The maximum Gasteiger partial charge on any atom is 0.102 e. The lowest BCUT2D eigenvalue weighted by atomic mass is 10.1. The van der Waals surface area contributed by atoms with Crippen molar-refractivity contribution in [3.8, 4) is 0 Å². The topological polar surface area (TPSA) is 24.4 Å². The molecule has 0 saturated carbocycles. The molecule has 0 bridgehead atoms. The van der Waals surface area contributed by atoms with Crippen LogP contribution in [0.3, 0.4) is 0 Å². The van der Waals surface area contributed by atoms with Crippen LogP contribution < -0.4 is 5.32 Å². The average Bonchev–Trinajstić information content (AvgIpc) is 2.58. The molecule has 0 fully saturated rings. The van der Waals surface area contributed by atoms with Crippen molar-refractivity contribution in [1.29, 1.82) is 0 Å². The van der Waals surface area contributed by atoms with Gasteiger partial charge in [0.1, 0.15) is 5.84 Å². The molecule has 1 N–H and O–H groups in total. The standard InChI is InChI=1S/C12H16N2S/c1-4-12-13-6-5-11(14-12)10-7-8(2)15-9(10)3/h5-7,11H,4H2,1-3H3,(H,13,14). The summed E-state index contributed by atoms with van der Waals surface area (Å²) < 4.78 is 0. The van der Waals surface area contributed by atoms with Gasteiger partial charge in [0, 0.05) is 22.4 Å². The van der Waals surface area contributed by atoms with Gasteiger partial charge in [0.15, 0.2) is 0 Å². The Bertz CT molecular complexity index is 415. The van der Waals surface area contributed by atoms with E-state index >= 15 is 0 Å². The Hall–Kier alpha value is -1.09. The zero-order chi connectivity index (χ0) is 10.8. The minimum Gasteiger partial charge on any atom is -0.363 e. The Balaban J connectivity index is 2.23. The fourth-order valence-corrected chi connectivity index (χ4v) is 2.79. The molecular formula is C12H16N2S. The molecule has 0 spiro atoms. The predicted molar refractivity (Wildman–Crippen MR) is 66.5 cm³/mol. The van der Waals surface area contributed by atoms with Crippen LogP contribution in [0.15, 0.2) is 23.3 Å². The summed E-state index contributed by atoms with van der Waals surface area (Å²) in [5, 5.41) is 3.44. The van der Waals surface area contributed by atoms with Crippen molar-refractivity contribution in [2.75, 3.05) is 0 Å². The summed E-state index contributed by atoms with van der Waals surface area (Å²) in [5.74, 6) is 1.07. The van der Waals surface area contributed by atoms with E-state index < -0.39 is 0 Å². The number of aryl methyl sites for hydroxylation is 2. The van der Waals surface area contributed by atoms with Gasteiger partial charge in [-0.1, -0.05) is 6.92 Å². The van der Waals surface area contributed by atoms with Crippen molar-refractivity contribution in [3.63, 3.8) is 0 Å². The first-order chi connectivity index (χ1) is 7.20. The average molecular weight is 220 g/mol. The van der Waals surface area contributed by atoms with E-state index in [1.807, 2.05) is 17.5 Å². The zero-order valence-corrected chi connectivity index (χ0v) is 10.2. The van der Waals surface area contributed by atoms with E-state index in [1.54, 1.807) is 0 Å². The summed E-state index contributed by atoms with van der Waals surface area (Å²) in [6.45, 7) is 6.45. The molecule has 1 atom stereocenters. The molecule has 1 aromatic heterocycles. The van der Waals surface area contributed by atoms with E-state index in [-0.39, 0.29) is 0 Å². The molecule has 1 aliphatic rings. The second kappa shape index (κ2) is 4.19. The summed E-state index contributed by atoms with van der Waals surface area (Å²) in [5.41, 5.74) is 1.38. The molecule has 2 rings (SSSR count). The zero-order valence-electron chi connectivity index (χ0n) is 9.37. The lowest BCUT2D eigenvalue weighted by Crippen LogP contribution is -2.28. The fourth-order valence-electron chi connectivity index (χ4n) is 1.82. The Morgan fingerprint density at radius 3 is 2.87 bits per heavy atom. The number of nitrogens with zero attached hydrogens (tertiary/aromatic N) is 1. The summed E-state index contributed by atoms with van der Waals surface area (Å²) >= 11 is 1.86. The van der Waals surface area contributed by atoms with Crippen LogP contribution in [0.2, 0.25) is 0 Å². The molecule has 1 aromatic rings. The van der Waals surface area contributed by atoms with E-state index in [0.29, 0.717) is 6.04 Å². The first-order valence-corrected chi connectivity index (χ1v) is 6.09. The van der Waals surface area contributed by atoms with Gasteiger partial charge in [0.05, 0.1) is 6.04 Å². The minimum atomic E-state index is 0.308. The van der Waals surface area contributed by atoms with E-state index in [1.165, 1.54) is 15.3 Å². The Kier molecular flexibility index (Phi) is 2.91. The second-order valence-corrected chi connectivity index (χ2v) is 5.22. The van der Waals surface area contributed by atoms with Crippen LogP contribution in [0.25, 0.3) is 0 Å². The Morgan fingerprint density at radius 1 is 1.47 bits per heavy atom.